The first-order valence-electron chi connectivity index (χ1n) is 10.3. The fourth-order valence-corrected chi connectivity index (χ4v) is 4.89. The topological polar surface area (TPSA) is 92.7 Å². The van der Waals surface area contributed by atoms with Gasteiger partial charge in [-0.3, -0.25) is 9.59 Å². The molecule has 0 aliphatic heterocycles. The van der Waals surface area contributed by atoms with Gasteiger partial charge in [0.2, 0.25) is 5.91 Å². The molecule has 7 heteroatoms. The molecule has 1 aliphatic rings. The Morgan fingerprint density at radius 2 is 1.74 bits per heavy atom. The number of rotatable bonds is 7. The van der Waals surface area contributed by atoms with Gasteiger partial charge in [-0.15, -0.1) is 11.3 Å². The van der Waals surface area contributed by atoms with Crippen LogP contribution in [0.4, 0.5) is 5.00 Å². The highest BCUT2D eigenvalue weighted by Gasteiger charge is 2.37. The Kier molecular flexibility index (Phi) is 7.28. The number of carbonyl (C=O) groups excluding carboxylic acids is 2. The van der Waals surface area contributed by atoms with Crippen molar-refractivity contribution >= 4 is 34.2 Å². The highest BCUT2D eigenvalue weighted by molar-refractivity contribution is 7.16. The molecule has 0 bridgehead atoms. The molecule has 0 saturated heterocycles. The summed E-state index contributed by atoms with van der Waals surface area (Å²) in [6, 6.07) is 11.6. The van der Waals surface area contributed by atoms with Crippen molar-refractivity contribution in [1.82, 2.24) is 0 Å². The zero-order chi connectivity index (χ0) is 22.5. The normalized spacial score (nSPS) is 18.5. The van der Waals surface area contributed by atoms with Crippen LogP contribution < -0.4 is 5.32 Å². The third-order valence-corrected chi connectivity index (χ3v) is 6.71. The van der Waals surface area contributed by atoms with E-state index in [0.29, 0.717) is 29.8 Å². The Labute approximate surface area is 185 Å². The SMILES string of the molecule is CCOC(=O)c1cc(Cc2ccccc2)sc1NC(=O)[C@@H]1CC(C)=C(C)C[C@H]1C(=O)O. The molecular weight excluding hydrogens is 414 g/mol. The smallest absolute Gasteiger partial charge is 0.341 e. The molecule has 1 aromatic carbocycles. The van der Waals surface area contributed by atoms with E-state index in [1.807, 2.05) is 44.2 Å². The number of esters is 1. The maximum Gasteiger partial charge on any atom is 0.341 e. The maximum atomic E-state index is 13.1. The van der Waals surface area contributed by atoms with Crippen LogP contribution in [0.5, 0.6) is 0 Å². The summed E-state index contributed by atoms with van der Waals surface area (Å²) in [5.74, 6) is -3.32. The lowest BCUT2D eigenvalue weighted by Gasteiger charge is -2.29. The van der Waals surface area contributed by atoms with E-state index in [9.17, 15) is 19.5 Å². The third kappa shape index (κ3) is 5.41. The Morgan fingerprint density at radius 1 is 1.10 bits per heavy atom. The molecule has 1 amide bonds. The van der Waals surface area contributed by atoms with Gasteiger partial charge in [0.15, 0.2) is 0 Å². The minimum atomic E-state index is -0.978. The first-order chi connectivity index (χ1) is 14.8. The molecule has 0 radical (unpaired) electrons. The van der Waals surface area contributed by atoms with Crippen LogP contribution in [0.15, 0.2) is 47.5 Å². The Bertz CT molecular complexity index is 1010. The summed E-state index contributed by atoms with van der Waals surface area (Å²) in [5, 5.41) is 12.9. The fraction of sp³-hybridized carbons (Fsp3) is 0.375. The van der Waals surface area contributed by atoms with Gasteiger partial charge < -0.3 is 15.2 Å². The van der Waals surface area contributed by atoms with E-state index in [2.05, 4.69) is 5.32 Å². The van der Waals surface area contributed by atoms with E-state index in [1.165, 1.54) is 11.3 Å². The number of nitrogens with one attached hydrogen (secondary N) is 1. The number of carbonyl (C=O) groups is 3. The molecule has 0 unspecified atom stereocenters. The number of ether oxygens (including phenoxy) is 1. The molecule has 0 fully saturated rings. The molecule has 164 valence electrons. The van der Waals surface area contributed by atoms with E-state index >= 15 is 0 Å². The zero-order valence-electron chi connectivity index (χ0n) is 17.9. The van der Waals surface area contributed by atoms with Crippen LogP contribution >= 0.6 is 11.3 Å². The predicted molar refractivity (Wildman–Crippen MR) is 120 cm³/mol. The van der Waals surface area contributed by atoms with E-state index < -0.39 is 23.8 Å². The second kappa shape index (κ2) is 9.92. The minimum Gasteiger partial charge on any atom is -0.481 e. The standard InChI is InChI=1S/C24H27NO5S/c1-4-30-24(29)20-13-17(12-16-8-6-5-7-9-16)31-22(20)25-21(26)18-10-14(2)15(3)11-19(18)23(27)28/h5-9,13,18-19H,4,10-12H2,1-3H3,(H,25,26)(H,27,28)/t18-,19-/m1/s1. The molecule has 2 N–H and O–H groups in total. The van der Waals surface area contributed by atoms with Crippen LogP contribution in [-0.2, 0) is 20.7 Å². The lowest BCUT2D eigenvalue weighted by Crippen LogP contribution is -2.36. The largest absolute Gasteiger partial charge is 0.481 e. The summed E-state index contributed by atoms with van der Waals surface area (Å²) in [6.45, 7) is 5.79. The number of aliphatic carboxylic acids is 1. The van der Waals surface area contributed by atoms with Gasteiger partial charge >= 0.3 is 11.9 Å². The molecular formula is C24H27NO5S. The fourth-order valence-electron chi connectivity index (χ4n) is 3.81. The van der Waals surface area contributed by atoms with Crippen molar-refractivity contribution in [3.63, 3.8) is 0 Å². The van der Waals surface area contributed by atoms with Gasteiger partial charge in [0.1, 0.15) is 5.00 Å². The Morgan fingerprint density at radius 3 is 2.35 bits per heavy atom. The summed E-state index contributed by atoms with van der Waals surface area (Å²) in [4.78, 5) is 38.3. The number of hydrogen-bond donors (Lipinski definition) is 2. The molecule has 6 nitrogen and oxygen atoms in total. The molecule has 0 spiro atoms. The van der Waals surface area contributed by atoms with Crippen LogP contribution in [-0.4, -0.2) is 29.6 Å². The van der Waals surface area contributed by atoms with Crippen molar-refractivity contribution in [1.29, 1.82) is 0 Å². The Balaban J connectivity index is 1.87. The Hall–Kier alpha value is -2.93. The minimum absolute atomic E-state index is 0.225. The number of allylic oxidation sites excluding steroid dienone is 2. The van der Waals surface area contributed by atoms with Crippen molar-refractivity contribution in [3.05, 3.63) is 63.5 Å². The summed E-state index contributed by atoms with van der Waals surface area (Å²) >= 11 is 1.32. The zero-order valence-corrected chi connectivity index (χ0v) is 18.8. The number of amides is 1. The van der Waals surface area contributed by atoms with Crippen molar-refractivity contribution in [2.75, 3.05) is 11.9 Å². The number of carboxylic acids is 1. The molecule has 3 rings (SSSR count). The molecule has 0 saturated carbocycles. The molecule has 2 aromatic rings. The highest BCUT2D eigenvalue weighted by atomic mass is 32.1. The highest BCUT2D eigenvalue weighted by Crippen LogP contribution is 2.37. The molecule has 1 aliphatic carbocycles. The summed E-state index contributed by atoms with van der Waals surface area (Å²) < 4.78 is 5.16. The molecule has 1 heterocycles. The third-order valence-electron chi connectivity index (χ3n) is 5.66. The predicted octanol–water partition coefficient (Wildman–Crippen LogP) is 4.90. The number of hydrogen-bond acceptors (Lipinski definition) is 5. The monoisotopic (exact) mass is 441 g/mol. The first kappa shape index (κ1) is 22.7. The second-order valence-corrected chi connectivity index (χ2v) is 8.98. The van der Waals surface area contributed by atoms with Gasteiger partial charge in [0.25, 0.3) is 0 Å². The summed E-state index contributed by atoms with van der Waals surface area (Å²) in [6.07, 6.45) is 1.37. The molecule has 31 heavy (non-hydrogen) atoms. The van der Waals surface area contributed by atoms with Crippen LogP contribution in [0.25, 0.3) is 0 Å². The van der Waals surface area contributed by atoms with Gasteiger partial charge in [0, 0.05) is 11.3 Å². The van der Waals surface area contributed by atoms with Crippen LogP contribution in [0.3, 0.4) is 0 Å². The van der Waals surface area contributed by atoms with Crippen molar-refractivity contribution in [2.24, 2.45) is 11.8 Å². The van der Waals surface area contributed by atoms with Crippen LogP contribution in [0.2, 0.25) is 0 Å². The second-order valence-electron chi connectivity index (χ2n) is 7.85. The van der Waals surface area contributed by atoms with Gasteiger partial charge in [-0.05, 0) is 45.2 Å². The summed E-state index contributed by atoms with van der Waals surface area (Å²) in [7, 11) is 0. The van der Waals surface area contributed by atoms with E-state index in [4.69, 9.17) is 4.74 Å². The van der Waals surface area contributed by atoms with Gasteiger partial charge in [-0.1, -0.05) is 41.5 Å². The van der Waals surface area contributed by atoms with Crippen molar-refractivity contribution in [3.8, 4) is 0 Å². The van der Waals surface area contributed by atoms with Crippen LogP contribution in [0, 0.1) is 11.8 Å². The molecule has 1 aromatic heterocycles. The van der Waals surface area contributed by atoms with E-state index in [1.54, 1.807) is 13.0 Å². The van der Waals surface area contributed by atoms with E-state index in [0.717, 1.165) is 21.6 Å². The van der Waals surface area contributed by atoms with Crippen molar-refractivity contribution < 1.29 is 24.2 Å². The number of benzene rings is 1. The van der Waals surface area contributed by atoms with Gasteiger partial charge in [-0.25, -0.2) is 4.79 Å². The number of anilines is 1. The average Bonchev–Trinajstić information content (AvgIpc) is 3.12. The number of carboxylic acid groups (broad SMARTS) is 1. The lowest BCUT2D eigenvalue weighted by molar-refractivity contribution is -0.146. The molecule has 2 atom stereocenters. The first-order valence-corrected chi connectivity index (χ1v) is 11.1. The van der Waals surface area contributed by atoms with Crippen molar-refractivity contribution in [2.45, 2.75) is 40.0 Å². The average molecular weight is 442 g/mol. The number of thiophene rings is 1. The van der Waals surface area contributed by atoms with Crippen LogP contribution in [0.1, 0.15) is 54.4 Å². The van der Waals surface area contributed by atoms with E-state index in [-0.39, 0.29) is 12.5 Å². The summed E-state index contributed by atoms with van der Waals surface area (Å²) in [5.41, 5.74) is 3.45. The van der Waals surface area contributed by atoms with Gasteiger partial charge in [-0.2, -0.15) is 0 Å². The lowest BCUT2D eigenvalue weighted by atomic mass is 9.76. The van der Waals surface area contributed by atoms with Gasteiger partial charge in [0.05, 0.1) is 24.0 Å². The maximum absolute atomic E-state index is 13.1. The quantitative estimate of drug-likeness (QED) is 0.471.